The Bertz CT molecular complexity index is 333. The fourth-order valence-corrected chi connectivity index (χ4v) is 2.92. The van der Waals surface area contributed by atoms with Crippen LogP contribution in [0, 0.1) is 5.92 Å². The Balaban J connectivity index is 1.83. The third kappa shape index (κ3) is 3.32. The Kier molecular flexibility index (Phi) is 4.22. The third-order valence-corrected chi connectivity index (χ3v) is 4.02. The van der Waals surface area contributed by atoms with Gasteiger partial charge in [0.1, 0.15) is 0 Å². The molecule has 1 aliphatic rings. The molecular formula is C16H25N. The summed E-state index contributed by atoms with van der Waals surface area (Å²) in [6, 6.07) is 10.2. The molecule has 0 heterocycles. The van der Waals surface area contributed by atoms with E-state index in [1.165, 1.54) is 25.7 Å². The Morgan fingerprint density at radius 2 is 1.76 bits per heavy atom. The zero-order valence-corrected chi connectivity index (χ0v) is 11.4. The van der Waals surface area contributed by atoms with Crippen molar-refractivity contribution in [3.63, 3.8) is 0 Å². The standard InChI is InChI=1S/C16H25N/c1-4-12(2)9-13(3)17-16-10-14-7-5-6-8-15(14)11-16/h5-8,12-13,16-17H,4,9-11H2,1-3H3. The van der Waals surface area contributed by atoms with Crippen LogP contribution in [0.25, 0.3) is 0 Å². The molecule has 2 unspecified atom stereocenters. The summed E-state index contributed by atoms with van der Waals surface area (Å²) in [7, 11) is 0. The summed E-state index contributed by atoms with van der Waals surface area (Å²) in [6.07, 6.45) is 5.00. The van der Waals surface area contributed by atoms with E-state index in [0.29, 0.717) is 12.1 Å². The van der Waals surface area contributed by atoms with E-state index in [2.05, 4.69) is 50.4 Å². The summed E-state index contributed by atoms with van der Waals surface area (Å²) in [4.78, 5) is 0. The highest BCUT2D eigenvalue weighted by molar-refractivity contribution is 5.33. The second kappa shape index (κ2) is 5.68. The minimum Gasteiger partial charge on any atom is -0.311 e. The molecule has 0 fully saturated rings. The summed E-state index contributed by atoms with van der Waals surface area (Å²) >= 11 is 0. The average molecular weight is 231 g/mol. The minimum absolute atomic E-state index is 0.643. The number of fused-ring (bicyclic) bond motifs is 1. The SMILES string of the molecule is CCC(C)CC(C)NC1Cc2ccccc2C1. The van der Waals surface area contributed by atoms with Gasteiger partial charge in [-0.05, 0) is 43.2 Å². The van der Waals surface area contributed by atoms with Gasteiger partial charge in [-0.15, -0.1) is 0 Å². The normalized spacial score (nSPS) is 19.0. The van der Waals surface area contributed by atoms with Gasteiger partial charge in [0, 0.05) is 12.1 Å². The molecule has 0 saturated heterocycles. The first-order chi connectivity index (χ1) is 8.19. The van der Waals surface area contributed by atoms with Crippen LogP contribution in [0.4, 0.5) is 0 Å². The summed E-state index contributed by atoms with van der Waals surface area (Å²) in [5.74, 6) is 0.835. The van der Waals surface area contributed by atoms with E-state index in [-0.39, 0.29) is 0 Å². The maximum atomic E-state index is 3.79. The predicted octanol–water partition coefficient (Wildman–Crippen LogP) is 3.57. The third-order valence-electron chi connectivity index (χ3n) is 4.02. The van der Waals surface area contributed by atoms with E-state index in [1.54, 1.807) is 11.1 Å². The zero-order valence-electron chi connectivity index (χ0n) is 11.4. The molecule has 0 saturated carbocycles. The number of benzene rings is 1. The summed E-state index contributed by atoms with van der Waals surface area (Å²) in [5, 5.41) is 3.79. The van der Waals surface area contributed by atoms with Gasteiger partial charge in [-0.25, -0.2) is 0 Å². The second-order valence-electron chi connectivity index (χ2n) is 5.69. The van der Waals surface area contributed by atoms with Crippen LogP contribution in [0.5, 0.6) is 0 Å². The Morgan fingerprint density at radius 3 is 2.29 bits per heavy atom. The molecule has 1 nitrogen and oxygen atoms in total. The topological polar surface area (TPSA) is 12.0 Å². The minimum atomic E-state index is 0.643. The fraction of sp³-hybridized carbons (Fsp3) is 0.625. The van der Waals surface area contributed by atoms with E-state index in [4.69, 9.17) is 0 Å². The lowest BCUT2D eigenvalue weighted by Crippen LogP contribution is -2.37. The molecule has 0 radical (unpaired) electrons. The molecule has 0 aromatic heterocycles. The Morgan fingerprint density at radius 1 is 1.18 bits per heavy atom. The largest absolute Gasteiger partial charge is 0.311 e. The lowest BCUT2D eigenvalue weighted by Gasteiger charge is -2.21. The number of hydrogen-bond donors (Lipinski definition) is 1. The number of nitrogens with one attached hydrogen (secondary N) is 1. The highest BCUT2D eigenvalue weighted by atomic mass is 14.9. The quantitative estimate of drug-likeness (QED) is 0.817. The van der Waals surface area contributed by atoms with Crippen molar-refractivity contribution in [2.75, 3.05) is 0 Å². The van der Waals surface area contributed by atoms with Crippen LogP contribution in [0.15, 0.2) is 24.3 Å². The van der Waals surface area contributed by atoms with Gasteiger partial charge in [0.15, 0.2) is 0 Å². The van der Waals surface area contributed by atoms with Gasteiger partial charge < -0.3 is 5.32 Å². The van der Waals surface area contributed by atoms with Gasteiger partial charge in [-0.3, -0.25) is 0 Å². The van der Waals surface area contributed by atoms with Gasteiger partial charge in [0.05, 0.1) is 0 Å². The van der Waals surface area contributed by atoms with Crippen LogP contribution < -0.4 is 5.32 Å². The summed E-state index contributed by atoms with van der Waals surface area (Å²) in [5.41, 5.74) is 3.08. The van der Waals surface area contributed by atoms with Crippen LogP contribution in [0.2, 0.25) is 0 Å². The van der Waals surface area contributed by atoms with Crippen LogP contribution in [-0.2, 0) is 12.8 Å². The number of rotatable bonds is 5. The lowest BCUT2D eigenvalue weighted by molar-refractivity contribution is 0.376. The van der Waals surface area contributed by atoms with Crippen LogP contribution in [0.3, 0.4) is 0 Å². The van der Waals surface area contributed by atoms with Crippen molar-refractivity contribution in [1.82, 2.24) is 5.32 Å². The molecule has 0 spiro atoms. The van der Waals surface area contributed by atoms with E-state index in [1.807, 2.05) is 0 Å². The Labute approximate surface area is 106 Å². The fourth-order valence-electron chi connectivity index (χ4n) is 2.92. The summed E-state index contributed by atoms with van der Waals surface area (Å²) in [6.45, 7) is 6.96. The molecule has 2 rings (SSSR count). The van der Waals surface area contributed by atoms with Crippen molar-refractivity contribution < 1.29 is 0 Å². The molecule has 17 heavy (non-hydrogen) atoms. The molecule has 1 aromatic carbocycles. The predicted molar refractivity (Wildman–Crippen MR) is 74.3 cm³/mol. The molecule has 1 heteroatoms. The van der Waals surface area contributed by atoms with Gasteiger partial charge in [-0.2, -0.15) is 0 Å². The summed E-state index contributed by atoms with van der Waals surface area (Å²) < 4.78 is 0. The second-order valence-corrected chi connectivity index (χ2v) is 5.69. The molecular weight excluding hydrogens is 206 g/mol. The van der Waals surface area contributed by atoms with Crippen molar-refractivity contribution in [2.24, 2.45) is 5.92 Å². The first kappa shape index (κ1) is 12.6. The van der Waals surface area contributed by atoms with Crippen molar-refractivity contribution >= 4 is 0 Å². The van der Waals surface area contributed by atoms with E-state index >= 15 is 0 Å². The Hall–Kier alpha value is -0.820. The van der Waals surface area contributed by atoms with Crippen molar-refractivity contribution in [3.8, 4) is 0 Å². The van der Waals surface area contributed by atoms with Crippen molar-refractivity contribution in [2.45, 2.75) is 58.5 Å². The van der Waals surface area contributed by atoms with Crippen LogP contribution >= 0.6 is 0 Å². The molecule has 0 amide bonds. The molecule has 94 valence electrons. The van der Waals surface area contributed by atoms with Crippen LogP contribution in [-0.4, -0.2) is 12.1 Å². The maximum Gasteiger partial charge on any atom is 0.0150 e. The molecule has 0 aliphatic heterocycles. The first-order valence-electron chi connectivity index (χ1n) is 7.01. The highest BCUT2D eigenvalue weighted by Crippen LogP contribution is 2.22. The smallest absolute Gasteiger partial charge is 0.0150 e. The van der Waals surface area contributed by atoms with E-state index in [9.17, 15) is 0 Å². The van der Waals surface area contributed by atoms with Gasteiger partial charge in [-0.1, -0.05) is 44.5 Å². The molecule has 1 aromatic rings. The maximum absolute atomic E-state index is 3.79. The van der Waals surface area contributed by atoms with Crippen molar-refractivity contribution in [1.29, 1.82) is 0 Å². The van der Waals surface area contributed by atoms with Crippen molar-refractivity contribution in [3.05, 3.63) is 35.4 Å². The van der Waals surface area contributed by atoms with E-state index < -0.39 is 0 Å². The highest BCUT2D eigenvalue weighted by Gasteiger charge is 2.22. The van der Waals surface area contributed by atoms with E-state index in [0.717, 1.165) is 5.92 Å². The van der Waals surface area contributed by atoms with Gasteiger partial charge in [0.2, 0.25) is 0 Å². The zero-order chi connectivity index (χ0) is 12.3. The molecule has 2 atom stereocenters. The average Bonchev–Trinajstić information content (AvgIpc) is 2.70. The molecule has 0 bridgehead atoms. The molecule has 1 N–H and O–H groups in total. The molecule has 1 aliphatic carbocycles. The number of hydrogen-bond acceptors (Lipinski definition) is 1. The monoisotopic (exact) mass is 231 g/mol. The van der Waals surface area contributed by atoms with Crippen LogP contribution in [0.1, 0.15) is 44.7 Å². The van der Waals surface area contributed by atoms with Gasteiger partial charge >= 0.3 is 0 Å². The first-order valence-corrected chi connectivity index (χ1v) is 7.01. The lowest BCUT2D eigenvalue weighted by atomic mass is 9.99. The van der Waals surface area contributed by atoms with Gasteiger partial charge in [0.25, 0.3) is 0 Å².